The van der Waals surface area contributed by atoms with Crippen molar-refractivity contribution in [3.63, 3.8) is 0 Å². The van der Waals surface area contributed by atoms with Gasteiger partial charge in [-0.25, -0.2) is 9.18 Å². The molecule has 1 heterocycles. The summed E-state index contributed by atoms with van der Waals surface area (Å²) in [6, 6.07) is 9.79. The monoisotopic (exact) mass is 495 g/mol. The fraction of sp³-hybridized carbons (Fsp3) is 0.464. The van der Waals surface area contributed by atoms with Gasteiger partial charge < -0.3 is 20.5 Å². The van der Waals surface area contributed by atoms with E-state index in [1.54, 1.807) is 19.2 Å². The molecule has 8 heteroatoms. The highest BCUT2D eigenvalue weighted by Gasteiger charge is 2.46. The molecule has 2 amide bonds. The molecule has 2 aliphatic rings. The molecule has 7 nitrogen and oxygen atoms in total. The van der Waals surface area contributed by atoms with Gasteiger partial charge in [-0.2, -0.15) is 0 Å². The summed E-state index contributed by atoms with van der Waals surface area (Å²) in [7, 11) is 0. The summed E-state index contributed by atoms with van der Waals surface area (Å²) >= 11 is 0. The topological polar surface area (TPSA) is 101 Å². The Labute approximate surface area is 211 Å². The highest BCUT2D eigenvalue weighted by molar-refractivity contribution is 5.73. The van der Waals surface area contributed by atoms with Gasteiger partial charge in [0.1, 0.15) is 5.82 Å². The van der Waals surface area contributed by atoms with Gasteiger partial charge in [0.2, 0.25) is 5.91 Å². The smallest absolute Gasteiger partial charge is 0.407 e. The van der Waals surface area contributed by atoms with Crippen molar-refractivity contribution in [3.05, 3.63) is 60.2 Å². The number of aliphatic hydroxyl groups excluding tert-OH is 1. The number of aromatic nitrogens is 1. The summed E-state index contributed by atoms with van der Waals surface area (Å²) in [5.41, 5.74) is 2.32. The molecule has 2 aromatic rings. The van der Waals surface area contributed by atoms with Crippen LogP contribution >= 0.6 is 0 Å². The van der Waals surface area contributed by atoms with Gasteiger partial charge in [0.25, 0.3) is 0 Å². The Bertz CT molecular complexity index is 1090. The molecule has 6 atom stereocenters. The predicted octanol–water partition coefficient (Wildman–Crippen LogP) is 4.32. The lowest BCUT2D eigenvalue weighted by Crippen LogP contribution is -2.56. The van der Waals surface area contributed by atoms with E-state index in [0.717, 1.165) is 36.1 Å². The number of nitrogens with one attached hydrogen (secondary N) is 2. The molecule has 0 spiro atoms. The van der Waals surface area contributed by atoms with E-state index in [2.05, 4.69) is 15.6 Å². The standard InChI is InChI=1S/C28H34FN3O4/c1-3-36-28(35)32-23-10-11-24-20(14-23)15-26(34)27(31-17(2)33)25(24)12-9-22-8-7-19(16-30-22)18-5-4-6-21(29)13-18/h4-9,12-13,16,20,23-27,34H,3,10-11,14-15H2,1-2H3,(H,31,33)(H,32,35)/b12-9+/t20-,23+,24+,25-,26+,27-/m0/s1. The highest BCUT2D eigenvalue weighted by Crippen LogP contribution is 2.45. The van der Waals surface area contributed by atoms with Gasteiger partial charge >= 0.3 is 6.09 Å². The van der Waals surface area contributed by atoms with Crippen LogP contribution in [-0.2, 0) is 9.53 Å². The van der Waals surface area contributed by atoms with E-state index in [1.165, 1.54) is 19.1 Å². The molecular weight excluding hydrogens is 461 g/mol. The van der Waals surface area contributed by atoms with E-state index in [-0.39, 0.29) is 41.6 Å². The molecule has 0 aliphatic heterocycles. The predicted molar refractivity (Wildman–Crippen MR) is 135 cm³/mol. The summed E-state index contributed by atoms with van der Waals surface area (Å²) in [5.74, 6) is -0.0722. The van der Waals surface area contributed by atoms with E-state index in [4.69, 9.17) is 4.74 Å². The highest BCUT2D eigenvalue weighted by atomic mass is 19.1. The Morgan fingerprint density at radius 1 is 1.17 bits per heavy atom. The van der Waals surface area contributed by atoms with Crippen LogP contribution in [0.4, 0.5) is 9.18 Å². The number of amides is 2. The van der Waals surface area contributed by atoms with Crippen LogP contribution in [0.5, 0.6) is 0 Å². The first-order valence-corrected chi connectivity index (χ1v) is 12.6. The van der Waals surface area contributed by atoms with Gasteiger partial charge in [-0.1, -0.05) is 24.3 Å². The number of benzene rings is 1. The number of hydrogen-bond acceptors (Lipinski definition) is 5. The van der Waals surface area contributed by atoms with Crippen molar-refractivity contribution in [2.24, 2.45) is 17.8 Å². The van der Waals surface area contributed by atoms with E-state index in [1.807, 2.05) is 30.4 Å². The number of alkyl carbamates (subject to hydrolysis) is 1. The molecule has 0 saturated heterocycles. The quantitative estimate of drug-likeness (QED) is 0.554. The van der Waals surface area contributed by atoms with Crippen molar-refractivity contribution >= 4 is 18.1 Å². The van der Waals surface area contributed by atoms with Gasteiger partial charge in [0, 0.05) is 30.6 Å². The molecule has 2 fully saturated rings. The van der Waals surface area contributed by atoms with Crippen LogP contribution in [0.1, 0.15) is 45.2 Å². The number of aliphatic hydroxyl groups is 1. The number of halogens is 1. The third kappa shape index (κ3) is 6.29. The zero-order chi connectivity index (χ0) is 25.7. The summed E-state index contributed by atoms with van der Waals surface area (Å²) in [4.78, 5) is 28.3. The van der Waals surface area contributed by atoms with E-state index in [0.29, 0.717) is 13.0 Å². The van der Waals surface area contributed by atoms with Crippen molar-refractivity contribution in [2.75, 3.05) is 6.61 Å². The Morgan fingerprint density at radius 2 is 2.00 bits per heavy atom. The van der Waals surface area contributed by atoms with Gasteiger partial charge in [-0.3, -0.25) is 9.78 Å². The zero-order valence-corrected chi connectivity index (χ0v) is 20.7. The number of fused-ring (bicyclic) bond motifs is 1. The molecule has 2 aliphatic carbocycles. The lowest BCUT2D eigenvalue weighted by atomic mass is 9.61. The van der Waals surface area contributed by atoms with E-state index < -0.39 is 12.2 Å². The summed E-state index contributed by atoms with van der Waals surface area (Å²) in [6.07, 6.45) is 7.60. The minimum Gasteiger partial charge on any atom is -0.450 e. The number of hydrogen-bond donors (Lipinski definition) is 3. The average molecular weight is 496 g/mol. The fourth-order valence-electron chi connectivity index (χ4n) is 5.76. The van der Waals surface area contributed by atoms with Gasteiger partial charge in [0.05, 0.1) is 24.4 Å². The Morgan fingerprint density at radius 3 is 2.69 bits per heavy atom. The Hall–Kier alpha value is -3.26. The number of ether oxygens (including phenoxy) is 1. The summed E-state index contributed by atoms with van der Waals surface area (Å²) < 4.78 is 18.6. The fourth-order valence-corrected chi connectivity index (χ4v) is 5.76. The van der Waals surface area contributed by atoms with Crippen LogP contribution in [0, 0.1) is 23.6 Å². The molecular formula is C28H34FN3O4. The minimum absolute atomic E-state index is 0.0106. The van der Waals surface area contributed by atoms with Crippen LogP contribution in [-0.4, -0.2) is 46.9 Å². The zero-order valence-electron chi connectivity index (χ0n) is 20.7. The van der Waals surface area contributed by atoms with Gasteiger partial charge in [-0.05, 0) is 74.3 Å². The summed E-state index contributed by atoms with van der Waals surface area (Å²) in [6.45, 7) is 3.56. The maximum absolute atomic E-state index is 13.6. The second-order valence-corrected chi connectivity index (χ2v) is 9.75. The maximum Gasteiger partial charge on any atom is 0.407 e. The summed E-state index contributed by atoms with van der Waals surface area (Å²) in [5, 5.41) is 16.9. The number of carbonyl (C=O) groups is 2. The normalized spacial score (nSPS) is 27.8. The number of carbonyl (C=O) groups excluding carboxylic acids is 2. The van der Waals surface area contributed by atoms with Crippen molar-refractivity contribution in [1.29, 1.82) is 0 Å². The molecule has 2 saturated carbocycles. The third-order valence-corrected chi connectivity index (χ3v) is 7.31. The molecule has 3 N–H and O–H groups in total. The first-order chi connectivity index (χ1) is 17.3. The van der Waals surface area contributed by atoms with E-state index >= 15 is 0 Å². The van der Waals surface area contributed by atoms with Crippen LogP contribution in [0.25, 0.3) is 17.2 Å². The van der Waals surface area contributed by atoms with E-state index in [9.17, 15) is 19.1 Å². The number of rotatable bonds is 6. The largest absolute Gasteiger partial charge is 0.450 e. The lowest BCUT2D eigenvalue weighted by Gasteiger charge is -2.48. The van der Waals surface area contributed by atoms with Gasteiger partial charge in [-0.15, -0.1) is 0 Å². The minimum atomic E-state index is -0.686. The second kappa shape index (κ2) is 11.6. The molecule has 0 radical (unpaired) electrons. The van der Waals surface area contributed by atoms with Gasteiger partial charge in [0.15, 0.2) is 0 Å². The van der Waals surface area contributed by atoms with Crippen LogP contribution < -0.4 is 10.6 Å². The van der Waals surface area contributed by atoms with Crippen molar-refractivity contribution in [3.8, 4) is 11.1 Å². The van der Waals surface area contributed by atoms with Crippen molar-refractivity contribution in [1.82, 2.24) is 15.6 Å². The van der Waals surface area contributed by atoms with Crippen molar-refractivity contribution < 1.29 is 23.8 Å². The lowest BCUT2D eigenvalue weighted by molar-refractivity contribution is -0.122. The number of pyridine rings is 1. The second-order valence-electron chi connectivity index (χ2n) is 9.75. The Balaban J connectivity index is 1.51. The number of nitrogens with zero attached hydrogens (tertiary/aromatic N) is 1. The first kappa shape index (κ1) is 25.8. The van der Waals surface area contributed by atoms with Crippen LogP contribution in [0.3, 0.4) is 0 Å². The third-order valence-electron chi connectivity index (χ3n) is 7.31. The van der Waals surface area contributed by atoms with Crippen LogP contribution in [0.2, 0.25) is 0 Å². The Kier molecular flexibility index (Phi) is 8.36. The molecule has 0 unspecified atom stereocenters. The van der Waals surface area contributed by atoms with Crippen molar-refractivity contribution in [2.45, 2.75) is 57.7 Å². The molecule has 1 aromatic heterocycles. The molecule has 1 aromatic carbocycles. The maximum atomic E-state index is 13.6. The van der Waals surface area contributed by atoms with Crippen LogP contribution in [0.15, 0.2) is 48.7 Å². The average Bonchev–Trinajstić information content (AvgIpc) is 2.84. The first-order valence-electron chi connectivity index (χ1n) is 12.6. The molecule has 192 valence electrons. The SMILES string of the molecule is CCOC(=O)N[C@@H]1CC[C@@H]2[C@@H](C1)C[C@@H](O)[C@@H](NC(C)=O)[C@H]2/C=C/c1ccc(-c2cccc(F)c2)cn1. The molecule has 4 rings (SSSR count). The molecule has 0 bridgehead atoms. The molecule has 36 heavy (non-hydrogen) atoms.